The standard InChI is InChI=1S/C15H29NO4/c17-10-12-14(19)15(20)13(18)9-16(12)8-4-7-11-5-2-1-3-6-11/h11-15,17-20H,1-10H2/t12-,13+,14-,15-/m1/s1. The molecule has 4 atom stereocenters. The number of nitrogens with zero attached hydrogens (tertiary/aromatic N) is 1. The van der Waals surface area contributed by atoms with Gasteiger partial charge in [0.15, 0.2) is 0 Å². The molecule has 0 aromatic rings. The third-order valence-corrected chi connectivity index (χ3v) is 5.00. The number of piperidine rings is 1. The highest BCUT2D eigenvalue weighted by molar-refractivity contribution is 4.94. The fourth-order valence-corrected chi connectivity index (χ4v) is 3.69. The number of likely N-dealkylation sites (tertiary alicyclic amines) is 1. The summed E-state index contributed by atoms with van der Waals surface area (Å²) in [5.41, 5.74) is 0. The first kappa shape index (κ1) is 16.2. The summed E-state index contributed by atoms with van der Waals surface area (Å²) in [6.07, 6.45) is 5.77. The molecule has 1 aliphatic carbocycles. The maximum Gasteiger partial charge on any atom is 0.109 e. The maximum atomic E-state index is 9.91. The largest absolute Gasteiger partial charge is 0.395 e. The Morgan fingerprint density at radius 3 is 2.30 bits per heavy atom. The predicted molar refractivity (Wildman–Crippen MR) is 76.3 cm³/mol. The van der Waals surface area contributed by atoms with Crippen LogP contribution in [0.5, 0.6) is 0 Å². The molecule has 20 heavy (non-hydrogen) atoms. The molecule has 1 saturated heterocycles. The van der Waals surface area contributed by atoms with Gasteiger partial charge < -0.3 is 20.4 Å². The van der Waals surface area contributed by atoms with E-state index in [4.69, 9.17) is 0 Å². The SMILES string of the molecule is OC[C@@H]1[C@@H](O)[C@H](O)[C@@H](O)CN1CCCC1CCCCC1. The van der Waals surface area contributed by atoms with E-state index in [1.807, 2.05) is 4.90 Å². The Morgan fingerprint density at radius 2 is 1.65 bits per heavy atom. The van der Waals surface area contributed by atoms with Gasteiger partial charge in [0.2, 0.25) is 0 Å². The summed E-state index contributed by atoms with van der Waals surface area (Å²) in [5, 5.41) is 38.7. The van der Waals surface area contributed by atoms with Crippen molar-refractivity contribution in [2.75, 3.05) is 19.7 Å². The van der Waals surface area contributed by atoms with E-state index in [2.05, 4.69) is 0 Å². The topological polar surface area (TPSA) is 84.2 Å². The van der Waals surface area contributed by atoms with Gasteiger partial charge >= 0.3 is 0 Å². The summed E-state index contributed by atoms with van der Waals surface area (Å²) in [6, 6.07) is -0.459. The van der Waals surface area contributed by atoms with Crippen LogP contribution in [0.2, 0.25) is 0 Å². The number of hydrogen-bond donors (Lipinski definition) is 4. The van der Waals surface area contributed by atoms with Gasteiger partial charge in [-0.25, -0.2) is 0 Å². The van der Waals surface area contributed by atoms with Gasteiger partial charge in [0, 0.05) is 6.54 Å². The van der Waals surface area contributed by atoms with Crippen LogP contribution < -0.4 is 0 Å². The molecule has 5 heteroatoms. The quantitative estimate of drug-likeness (QED) is 0.577. The van der Waals surface area contributed by atoms with E-state index < -0.39 is 24.4 Å². The zero-order valence-corrected chi connectivity index (χ0v) is 12.2. The Kier molecular flexibility index (Phi) is 6.23. The molecule has 1 heterocycles. The van der Waals surface area contributed by atoms with Crippen LogP contribution >= 0.6 is 0 Å². The molecule has 1 saturated carbocycles. The van der Waals surface area contributed by atoms with Crippen molar-refractivity contribution in [1.29, 1.82) is 0 Å². The summed E-state index contributed by atoms with van der Waals surface area (Å²) in [5.74, 6) is 0.821. The lowest BCUT2D eigenvalue weighted by Gasteiger charge is -2.43. The van der Waals surface area contributed by atoms with E-state index in [0.29, 0.717) is 6.54 Å². The van der Waals surface area contributed by atoms with Crippen LogP contribution in [0.3, 0.4) is 0 Å². The zero-order chi connectivity index (χ0) is 14.5. The second-order valence-corrected chi connectivity index (χ2v) is 6.44. The van der Waals surface area contributed by atoms with Crippen LogP contribution in [-0.4, -0.2) is 69.4 Å². The summed E-state index contributed by atoms with van der Waals surface area (Å²) < 4.78 is 0. The Morgan fingerprint density at radius 1 is 0.950 bits per heavy atom. The Balaban J connectivity index is 1.77. The van der Waals surface area contributed by atoms with Gasteiger partial charge in [-0.1, -0.05) is 32.1 Å². The lowest BCUT2D eigenvalue weighted by Crippen LogP contribution is -2.62. The van der Waals surface area contributed by atoms with Crippen LogP contribution in [0.1, 0.15) is 44.9 Å². The second-order valence-electron chi connectivity index (χ2n) is 6.44. The molecular formula is C15H29NO4. The lowest BCUT2D eigenvalue weighted by molar-refractivity contribution is -0.145. The van der Waals surface area contributed by atoms with E-state index in [9.17, 15) is 20.4 Å². The molecule has 118 valence electrons. The average Bonchev–Trinajstić information content (AvgIpc) is 2.46. The average molecular weight is 287 g/mol. The van der Waals surface area contributed by atoms with Gasteiger partial charge in [-0.2, -0.15) is 0 Å². The molecule has 2 rings (SSSR count). The lowest BCUT2D eigenvalue weighted by atomic mass is 9.86. The first-order valence-electron chi connectivity index (χ1n) is 8.02. The predicted octanol–water partition coefficient (Wildman–Crippen LogP) is 0.106. The first-order chi connectivity index (χ1) is 9.63. The molecular weight excluding hydrogens is 258 g/mol. The van der Waals surface area contributed by atoms with Gasteiger partial charge in [0.1, 0.15) is 12.2 Å². The van der Waals surface area contributed by atoms with E-state index in [-0.39, 0.29) is 6.61 Å². The fourth-order valence-electron chi connectivity index (χ4n) is 3.69. The summed E-state index contributed by atoms with van der Waals surface area (Å²) >= 11 is 0. The molecule has 0 radical (unpaired) electrons. The van der Waals surface area contributed by atoms with Crippen molar-refractivity contribution < 1.29 is 20.4 Å². The van der Waals surface area contributed by atoms with E-state index in [0.717, 1.165) is 18.9 Å². The van der Waals surface area contributed by atoms with Crippen LogP contribution in [0, 0.1) is 5.92 Å². The molecule has 0 spiro atoms. The Hall–Kier alpha value is -0.200. The zero-order valence-electron chi connectivity index (χ0n) is 12.2. The van der Waals surface area contributed by atoms with Crippen molar-refractivity contribution in [3.05, 3.63) is 0 Å². The minimum atomic E-state index is -1.15. The van der Waals surface area contributed by atoms with E-state index in [1.165, 1.54) is 38.5 Å². The third kappa shape index (κ3) is 3.92. The van der Waals surface area contributed by atoms with Gasteiger partial charge in [-0.15, -0.1) is 0 Å². The Labute approximate surface area is 121 Å². The molecule has 0 unspecified atom stereocenters. The molecule has 0 amide bonds. The van der Waals surface area contributed by atoms with Gasteiger partial charge in [0.25, 0.3) is 0 Å². The van der Waals surface area contributed by atoms with Gasteiger partial charge in [-0.05, 0) is 25.3 Å². The van der Waals surface area contributed by atoms with Crippen LogP contribution in [0.15, 0.2) is 0 Å². The van der Waals surface area contributed by atoms with Crippen molar-refractivity contribution in [3.8, 4) is 0 Å². The number of β-amino-alcohol motifs (C(OH)–C–C–N with tert-alkyl or cyclic N) is 1. The van der Waals surface area contributed by atoms with Crippen molar-refractivity contribution in [2.45, 2.75) is 69.3 Å². The minimum absolute atomic E-state index is 0.186. The monoisotopic (exact) mass is 287 g/mol. The summed E-state index contributed by atoms with van der Waals surface area (Å²) in [6.45, 7) is 0.908. The van der Waals surface area contributed by atoms with E-state index >= 15 is 0 Å². The first-order valence-corrected chi connectivity index (χ1v) is 8.02. The van der Waals surface area contributed by atoms with Crippen molar-refractivity contribution in [2.24, 2.45) is 5.92 Å². The fraction of sp³-hybridized carbons (Fsp3) is 1.00. The molecule has 1 aliphatic heterocycles. The highest BCUT2D eigenvalue weighted by Crippen LogP contribution is 2.28. The molecule has 2 aliphatic rings. The number of aliphatic hydroxyl groups excluding tert-OH is 4. The van der Waals surface area contributed by atoms with Crippen molar-refractivity contribution in [1.82, 2.24) is 4.90 Å². The van der Waals surface area contributed by atoms with Crippen molar-refractivity contribution >= 4 is 0 Å². The smallest absolute Gasteiger partial charge is 0.109 e. The number of rotatable bonds is 5. The highest BCUT2D eigenvalue weighted by atomic mass is 16.4. The van der Waals surface area contributed by atoms with E-state index in [1.54, 1.807) is 0 Å². The Bertz CT molecular complexity index is 283. The van der Waals surface area contributed by atoms with Gasteiger partial charge in [0.05, 0.1) is 18.8 Å². The van der Waals surface area contributed by atoms with Crippen molar-refractivity contribution in [3.63, 3.8) is 0 Å². The summed E-state index contributed by atoms with van der Waals surface area (Å²) in [7, 11) is 0. The maximum absolute atomic E-state index is 9.91. The molecule has 4 N–H and O–H groups in total. The minimum Gasteiger partial charge on any atom is -0.395 e. The molecule has 5 nitrogen and oxygen atoms in total. The van der Waals surface area contributed by atoms with Crippen LogP contribution in [-0.2, 0) is 0 Å². The third-order valence-electron chi connectivity index (χ3n) is 5.00. The number of aliphatic hydroxyl groups is 4. The molecule has 0 aromatic heterocycles. The normalized spacial score (nSPS) is 37.2. The molecule has 0 bridgehead atoms. The summed E-state index contributed by atoms with van der Waals surface area (Å²) in [4.78, 5) is 1.92. The van der Waals surface area contributed by atoms with Crippen LogP contribution in [0.4, 0.5) is 0 Å². The number of hydrogen-bond acceptors (Lipinski definition) is 5. The highest BCUT2D eigenvalue weighted by Gasteiger charge is 2.40. The van der Waals surface area contributed by atoms with Crippen LogP contribution in [0.25, 0.3) is 0 Å². The molecule has 2 fully saturated rings. The molecule has 0 aromatic carbocycles. The van der Waals surface area contributed by atoms with Gasteiger partial charge in [-0.3, -0.25) is 4.90 Å². The second kappa shape index (κ2) is 7.71.